The maximum atomic E-state index is 13.7. The van der Waals surface area contributed by atoms with E-state index in [4.69, 9.17) is 0 Å². The predicted molar refractivity (Wildman–Crippen MR) is 80.6 cm³/mol. The molecule has 0 spiro atoms. The molecule has 106 valence electrons. The van der Waals surface area contributed by atoms with Gasteiger partial charge in [-0.1, -0.05) is 12.1 Å². The molecule has 2 nitrogen and oxygen atoms in total. The second-order valence-corrected chi connectivity index (χ2v) is 4.78. The Balaban J connectivity index is 2.39. The van der Waals surface area contributed by atoms with Crippen molar-refractivity contribution < 1.29 is 8.78 Å². The summed E-state index contributed by atoms with van der Waals surface area (Å²) in [6.45, 7) is 0. The van der Waals surface area contributed by atoms with Crippen molar-refractivity contribution in [3.05, 3.63) is 65.2 Å². The van der Waals surface area contributed by atoms with E-state index in [0.717, 1.165) is 23.4 Å². The van der Waals surface area contributed by atoms with E-state index >= 15 is 0 Å². The van der Waals surface area contributed by atoms with Gasteiger partial charge in [0.2, 0.25) is 0 Å². The number of rotatable bonds is 3. The van der Waals surface area contributed by atoms with Crippen LogP contribution in [0.3, 0.4) is 0 Å². The molecule has 0 saturated carbocycles. The topological polar surface area (TPSA) is 27.0 Å². The molecule has 0 N–H and O–H groups in total. The fourth-order valence-corrected chi connectivity index (χ4v) is 1.91. The van der Waals surface area contributed by atoms with Gasteiger partial charge in [0, 0.05) is 31.4 Å². The molecule has 0 bridgehead atoms. The Morgan fingerprint density at radius 3 is 2.29 bits per heavy atom. The third kappa shape index (κ3) is 3.46. The minimum absolute atomic E-state index is 0.0931. The van der Waals surface area contributed by atoms with Crippen LogP contribution in [0.25, 0.3) is 11.6 Å². The van der Waals surface area contributed by atoms with Crippen molar-refractivity contribution in [3.63, 3.8) is 0 Å². The van der Waals surface area contributed by atoms with Crippen LogP contribution in [0.2, 0.25) is 0 Å². The smallest absolute Gasteiger partial charge is 0.134 e. The number of nitriles is 1. The lowest BCUT2D eigenvalue weighted by Gasteiger charge is -2.12. The lowest BCUT2D eigenvalue weighted by Crippen LogP contribution is -2.07. The van der Waals surface area contributed by atoms with Crippen molar-refractivity contribution in [1.29, 1.82) is 5.26 Å². The van der Waals surface area contributed by atoms with Crippen LogP contribution in [-0.2, 0) is 0 Å². The third-order valence-corrected chi connectivity index (χ3v) is 3.06. The average molecular weight is 284 g/mol. The van der Waals surface area contributed by atoms with Crippen molar-refractivity contribution >= 4 is 17.3 Å². The van der Waals surface area contributed by atoms with Gasteiger partial charge in [-0.05, 0) is 35.9 Å². The number of allylic oxidation sites excluding steroid dienone is 1. The summed E-state index contributed by atoms with van der Waals surface area (Å²) in [5.41, 5.74) is 2.06. The molecule has 0 aromatic heterocycles. The molecular weight excluding hydrogens is 270 g/mol. The van der Waals surface area contributed by atoms with Crippen LogP contribution in [-0.4, -0.2) is 14.1 Å². The van der Waals surface area contributed by atoms with Crippen LogP contribution >= 0.6 is 0 Å². The van der Waals surface area contributed by atoms with Crippen molar-refractivity contribution in [1.82, 2.24) is 0 Å². The maximum Gasteiger partial charge on any atom is 0.134 e. The van der Waals surface area contributed by atoms with E-state index in [1.54, 1.807) is 6.08 Å². The van der Waals surface area contributed by atoms with Crippen molar-refractivity contribution in [2.75, 3.05) is 19.0 Å². The first-order valence-electron chi connectivity index (χ1n) is 6.36. The van der Waals surface area contributed by atoms with E-state index in [2.05, 4.69) is 0 Å². The third-order valence-electron chi connectivity index (χ3n) is 3.06. The van der Waals surface area contributed by atoms with E-state index in [0.29, 0.717) is 0 Å². The van der Waals surface area contributed by atoms with Crippen molar-refractivity contribution in [3.8, 4) is 6.07 Å². The van der Waals surface area contributed by atoms with Gasteiger partial charge in [-0.2, -0.15) is 5.26 Å². The Labute approximate surface area is 122 Å². The van der Waals surface area contributed by atoms with Crippen LogP contribution in [0.1, 0.15) is 11.1 Å². The van der Waals surface area contributed by atoms with E-state index in [-0.39, 0.29) is 11.1 Å². The minimum Gasteiger partial charge on any atom is -0.378 e. The molecule has 0 heterocycles. The highest BCUT2D eigenvalue weighted by Crippen LogP contribution is 2.22. The first-order chi connectivity index (χ1) is 10.0. The second-order valence-electron chi connectivity index (χ2n) is 4.78. The van der Waals surface area contributed by atoms with Gasteiger partial charge in [0.15, 0.2) is 0 Å². The molecule has 0 atom stereocenters. The molecule has 21 heavy (non-hydrogen) atoms. The molecule has 0 aliphatic rings. The molecule has 2 aromatic rings. The predicted octanol–water partition coefficient (Wildman–Crippen LogP) is 4.09. The summed E-state index contributed by atoms with van der Waals surface area (Å²) < 4.78 is 26.6. The van der Waals surface area contributed by atoms with Gasteiger partial charge < -0.3 is 4.90 Å². The monoisotopic (exact) mass is 284 g/mol. The molecule has 0 fully saturated rings. The molecule has 4 heteroatoms. The summed E-state index contributed by atoms with van der Waals surface area (Å²) in [6, 6.07) is 12.6. The zero-order valence-electron chi connectivity index (χ0n) is 11.8. The van der Waals surface area contributed by atoms with Crippen LogP contribution in [0.15, 0.2) is 42.5 Å². The second kappa shape index (κ2) is 6.19. The van der Waals surface area contributed by atoms with Crippen molar-refractivity contribution in [2.24, 2.45) is 0 Å². The van der Waals surface area contributed by atoms with Gasteiger partial charge in [-0.3, -0.25) is 0 Å². The highest BCUT2D eigenvalue weighted by Gasteiger charge is 2.09. The molecule has 0 aliphatic carbocycles. The quantitative estimate of drug-likeness (QED) is 0.627. The molecular formula is C17H14F2N2. The number of benzene rings is 2. The fraction of sp³-hybridized carbons (Fsp3) is 0.118. The normalized spacial score (nSPS) is 11.1. The first-order valence-corrected chi connectivity index (χ1v) is 6.36. The van der Waals surface area contributed by atoms with Gasteiger partial charge in [-0.15, -0.1) is 0 Å². The Morgan fingerprint density at radius 2 is 1.76 bits per heavy atom. The standard InChI is InChI=1S/C17H14F2N2/c1-21(2)15-6-3-12(4-7-15)9-13(11-20)16-8-5-14(18)10-17(16)19/h3-10H,1-2H3. The van der Waals surface area contributed by atoms with E-state index in [9.17, 15) is 14.0 Å². The Kier molecular flexibility index (Phi) is 4.34. The minimum atomic E-state index is -0.743. The molecule has 0 amide bonds. The van der Waals surface area contributed by atoms with Crippen LogP contribution in [0, 0.1) is 23.0 Å². The first kappa shape index (κ1) is 14.7. The Morgan fingerprint density at radius 1 is 1.10 bits per heavy atom. The summed E-state index contributed by atoms with van der Waals surface area (Å²) in [5, 5.41) is 9.19. The fourth-order valence-electron chi connectivity index (χ4n) is 1.91. The van der Waals surface area contributed by atoms with E-state index in [1.165, 1.54) is 6.07 Å². The summed E-state index contributed by atoms with van der Waals surface area (Å²) in [6.07, 6.45) is 1.58. The van der Waals surface area contributed by atoms with Crippen LogP contribution in [0.4, 0.5) is 14.5 Å². The summed E-state index contributed by atoms with van der Waals surface area (Å²) >= 11 is 0. The summed E-state index contributed by atoms with van der Waals surface area (Å²) in [5.74, 6) is -1.41. The Bertz CT molecular complexity index is 711. The summed E-state index contributed by atoms with van der Waals surface area (Å²) in [4.78, 5) is 1.96. The van der Waals surface area contributed by atoms with Crippen LogP contribution < -0.4 is 4.90 Å². The maximum absolute atomic E-state index is 13.7. The summed E-state index contributed by atoms with van der Waals surface area (Å²) in [7, 11) is 3.86. The Hall–Kier alpha value is -2.67. The molecule has 0 aliphatic heterocycles. The number of hydrogen-bond donors (Lipinski definition) is 0. The van der Waals surface area contributed by atoms with Gasteiger partial charge in [0.1, 0.15) is 11.6 Å². The SMILES string of the molecule is CN(C)c1ccc(C=C(C#N)c2ccc(F)cc2F)cc1. The highest BCUT2D eigenvalue weighted by atomic mass is 19.1. The van der Waals surface area contributed by atoms with E-state index in [1.807, 2.05) is 49.3 Å². The number of halogens is 2. The van der Waals surface area contributed by atoms with E-state index < -0.39 is 11.6 Å². The zero-order valence-corrected chi connectivity index (χ0v) is 11.8. The van der Waals surface area contributed by atoms with Gasteiger partial charge >= 0.3 is 0 Å². The molecule has 0 radical (unpaired) electrons. The lowest BCUT2D eigenvalue weighted by atomic mass is 10.0. The highest BCUT2D eigenvalue weighted by molar-refractivity contribution is 5.89. The number of anilines is 1. The van der Waals surface area contributed by atoms with Gasteiger partial charge in [0.05, 0.1) is 11.6 Å². The molecule has 2 aromatic carbocycles. The molecule has 2 rings (SSSR count). The molecule has 0 unspecified atom stereocenters. The molecule has 0 saturated heterocycles. The van der Waals surface area contributed by atoms with Gasteiger partial charge in [-0.25, -0.2) is 8.78 Å². The average Bonchev–Trinajstić information content (AvgIpc) is 2.46. The lowest BCUT2D eigenvalue weighted by molar-refractivity contribution is 0.581. The number of hydrogen-bond acceptors (Lipinski definition) is 2. The zero-order chi connectivity index (χ0) is 15.4. The van der Waals surface area contributed by atoms with Crippen LogP contribution in [0.5, 0.6) is 0 Å². The number of nitrogens with zero attached hydrogens (tertiary/aromatic N) is 2. The van der Waals surface area contributed by atoms with Gasteiger partial charge in [0.25, 0.3) is 0 Å². The largest absolute Gasteiger partial charge is 0.378 e. The van der Waals surface area contributed by atoms with Crippen molar-refractivity contribution in [2.45, 2.75) is 0 Å².